The lowest BCUT2D eigenvalue weighted by Gasteiger charge is -2.16. The van der Waals surface area contributed by atoms with Gasteiger partial charge in [0, 0.05) is 10.0 Å². The summed E-state index contributed by atoms with van der Waals surface area (Å²) in [6.45, 7) is 2.11. The summed E-state index contributed by atoms with van der Waals surface area (Å²) < 4.78 is 6.82. The Kier molecular flexibility index (Phi) is 3.24. The van der Waals surface area contributed by atoms with Crippen LogP contribution in [0.2, 0.25) is 5.02 Å². The molecule has 1 heterocycles. The molecule has 4 heteroatoms. The quantitative estimate of drug-likeness (QED) is 0.899. The second kappa shape index (κ2) is 4.32. The lowest BCUT2D eigenvalue weighted by atomic mass is 10.0. The maximum atomic E-state index is 6.14. The van der Waals surface area contributed by atoms with Crippen molar-refractivity contribution in [3.05, 3.63) is 27.2 Å². The first-order chi connectivity index (χ1) is 7.17. The average Bonchev–Trinajstić information content (AvgIpc) is 2.55. The standard InChI is InChI=1S/C11H13BrClNO/c1-3-9-10(14-2)7-4-6(12)5-8(13)11(7)15-9/h4-5,9-10,14H,3H2,1-2H3. The van der Waals surface area contributed by atoms with Crippen molar-refractivity contribution in [3.8, 4) is 5.75 Å². The molecule has 1 aromatic rings. The van der Waals surface area contributed by atoms with Crippen LogP contribution in [-0.2, 0) is 0 Å². The molecular weight excluding hydrogens is 277 g/mol. The zero-order valence-electron chi connectivity index (χ0n) is 8.68. The highest BCUT2D eigenvalue weighted by Crippen LogP contribution is 2.44. The molecule has 0 amide bonds. The van der Waals surface area contributed by atoms with Crippen LogP contribution in [0.25, 0.3) is 0 Å². The second-order valence-electron chi connectivity index (χ2n) is 3.64. The van der Waals surface area contributed by atoms with Gasteiger partial charge in [0.2, 0.25) is 0 Å². The number of likely N-dealkylation sites (N-methyl/N-ethyl adjacent to an activating group) is 1. The Bertz CT molecular complexity index is 383. The number of nitrogens with one attached hydrogen (secondary N) is 1. The van der Waals surface area contributed by atoms with Crippen molar-refractivity contribution in [2.24, 2.45) is 0 Å². The first-order valence-electron chi connectivity index (χ1n) is 5.00. The maximum absolute atomic E-state index is 6.14. The molecule has 0 aromatic heterocycles. The number of fused-ring (bicyclic) bond motifs is 1. The smallest absolute Gasteiger partial charge is 0.143 e. The van der Waals surface area contributed by atoms with Crippen LogP contribution >= 0.6 is 27.5 Å². The van der Waals surface area contributed by atoms with Crippen LogP contribution in [0.15, 0.2) is 16.6 Å². The molecule has 2 nitrogen and oxygen atoms in total. The van der Waals surface area contributed by atoms with Gasteiger partial charge in [0.05, 0.1) is 11.1 Å². The predicted octanol–water partition coefficient (Wildman–Crippen LogP) is 3.53. The molecule has 2 unspecified atom stereocenters. The Hall–Kier alpha value is -0.250. The van der Waals surface area contributed by atoms with Crippen molar-refractivity contribution >= 4 is 27.5 Å². The first-order valence-corrected chi connectivity index (χ1v) is 6.17. The van der Waals surface area contributed by atoms with Gasteiger partial charge in [-0.25, -0.2) is 0 Å². The molecule has 2 rings (SSSR count). The molecule has 0 bridgehead atoms. The van der Waals surface area contributed by atoms with E-state index in [1.807, 2.05) is 13.1 Å². The minimum Gasteiger partial charge on any atom is -0.487 e. The molecule has 82 valence electrons. The van der Waals surface area contributed by atoms with Crippen LogP contribution < -0.4 is 10.1 Å². The van der Waals surface area contributed by atoms with Crippen molar-refractivity contribution in [1.29, 1.82) is 0 Å². The van der Waals surface area contributed by atoms with Crippen molar-refractivity contribution in [1.82, 2.24) is 5.32 Å². The summed E-state index contributed by atoms with van der Waals surface area (Å²) >= 11 is 9.58. The van der Waals surface area contributed by atoms with E-state index >= 15 is 0 Å². The van der Waals surface area contributed by atoms with Crippen molar-refractivity contribution < 1.29 is 4.74 Å². The van der Waals surface area contributed by atoms with Gasteiger partial charge >= 0.3 is 0 Å². The fraction of sp³-hybridized carbons (Fsp3) is 0.455. The summed E-state index contributed by atoms with van der Waals surface area (Å²) in [6.07, 6.45) is 1.14. The zero-order chi connectivity index (χ0) is 11.0. The normalized spacial score (nSPS) is 23.7. The summed E-state index contributed by atoms with van der Waals surface area (Å²) in [7, 11) is 1.95. The SMILES string of the molecule is CCC1Oc2c(Cl)cc(Br)cc2C1NC. The molecule has 0 radical (unpaired) electrons. The van der Waals surface area contributed by atoms with Gasteiger partial charge in [0.1, 0.15) is 11.9 Å². The third-order valence-corrected chi connectivity index (χ3v) is 3.47. The molecule has 2 atom stereocenters. The highest BCUT2D eigenvalue weighted by atomic mass is 79.9. The molecule has 0 spiro atoms. The van der Waals surface area contributed by atoms with Crippen LogP contribution in [0.3, 0.4) is 0 Å². The van der Waals surface area contributed by atoms with Gasteiger partial charge < -0.3 is 10.1 Å². The van der Waals surface area contributed by atoms with E-state index in [1.54, 1.807) is 0 Å². The molecule has 0 saturated carbocycles. The summed E-state index contributed by atoms with van der Waals surface area (Å²) in [6, 6.07) is 4.17. The Morgan fingerprint density at radius 3 is 2.87 bits per heavy atom. The second-order valence-corrected chi connectivity index (χ2v) is 4.96. The molecule has 1 N–H and O–H groups in total. The van der Waals surface area contributed by atoms with Gasteiger partial charge in [0.15, 0.2) is 0 Å². The van der Waals surface area contributed by atoms with Crippen molar-refractivity contribution in [3.63, 3.8) is 0 Å². The van der Waals surface area contributed by atoms with E-state index in [0.717, 1.165) is 22.2 Å². The molecule has 1 aliphatic rings. The Labute approximate surface area is 103 Å². The minimum absolute atomic E-state index is 0.178. The van der Waals surface area contributed by atoms with Gasteiger partial charge in [-0.1, -0.05) is 34.5 Å². The minimum atomic E-state index is 0.178. The van der Waals surface area contributed by atoms with Crippen LogP contribution in [0.5, 0.6) is 5.75 Å². The summed E-state index contributed by atoms with van der Waals surface area (Å²) in [5.41, 5.74) is 1.14. The molecule has 1 aromatic carbocycles. The fourth-order valence-electron chi connectivity index (χ4n) is 2.02. The average molecular weight is 291 g/mol. The van der Waals surface area contributed by atoms with E-state index in [0.29, 0.717) is 5.02 Å². The zero-order valence-corrected chi connectivity index (χ0v) is 11.0. The van der Waals surface area contributed by atoms with Crippen LogP contribution in [0, 0.1) is 0 Å². The molecular formula is C11H13BrClNO. The van der Waals surface area contributed by atoms with E-state index in [1.165, 1.54) is 0 Å². The lowest BCUT2D eigenvalue weighted by Crippen LogP contribution is -2.27. The van der Waals surface area contributed by atoms with Crippen LogP contribution in [0.4, 0.5) is 0 Å². The first kappa shape index (κ1) is 11.2. The summed E-state index contributed by atoms with van der Waals surface area (Å²) in [5.74, 6) is 0.825. The third-order valence-electron chi connectivity index (χ3n) is 2.73. The van der Waals surface area contributed by atoms with Crippen molar-refractivity contribution in [2.75, 3.05) is 7.05 Å². The largest absolute Gasteiger partial charge is 0.487 e. The number of benzene rings is 1. The molecule has 0 saturated heterocycles. The van der Waals surface area contributed by atoms with Crippen LogP contribution in [0.1, 0.15) is 24.9 Å². The van der Waals surface area contributed by atoms with Gasteiger partial charge in [-0.05, 0) is 25.6 Å². The van der Waals surface area contributed by atoms with Gasteiger partial charge in [-0.3, -0.25) is 0 Å². The number of hydrogen-bond donors (Lipinski definition) is 1. The molecule has 15 heavy (non-hydrogen) atoms. The van der Waals surface area contributed by atoms with Gasteiger partial charge in [0.25, 0.3) is 0 Å². The van der Waals surface area contributed by atoms with E-state index in [-0.39, 0.29) is 12.1 Å². The predicted molar refractivity (Wildman–Crippen MR) is 65.7 cm³/mol. The molecule has 1 aliphatic heterocycles. The van der Waals surface area contributed by atoms with E-state index in [4.69, 9.17) is 16.3 Å². The van der Waals surface area contributed by atoms with Crippen LogP contribution in [-0.4, -0.2) is 13.2 Å². The Morgan fingerprint density at radius 2 is 2.27 bits per heavy atom. The summed E-state index contributed by atoms with van der Waals surface area (Å²) in [4.78, 5) is 0. The highest BCUT2D eigenvalue weighted by Gasteiger charge is 2.33. The van der Waals surface area contributed by atoms with Crippen molar-refractivity contribution in [2.45, 2.75) is 25.5 Å². The Morgan fingerprint density at radius 1 is 1.53 bits per heavy atom. The summed E-state index contributed by atoms with van der Waals surface area (Å²) in [5, 5.41) is 3.95. The maximum Gasteiger partial charge on any atom is 0.143 e. The third kappa shape index (κ3) is 1.88. The molecule has 0 aliphatic carbocycles. The lowest BCUT2D eigenvalue weighted by molar-refractivity contribution is 0.189. The van der Waals surface area contributed by atoms with E-state index in [2.05, 4.69) is 34.2 Å². The van der Waals surface area contributed by atoms with E-state index < -0.39 is 0 Å². The topological polar surface area (TPSA) is 21.3 Å². The highest BCUT2D eigenvalue weighted by molar-refractivity contribution is 9.10. The number of rotatable bonds is 2. The number of hydrogen-bond acceptors (Lipinski definition) is 2. The Balaban J connectivity index is 2.47. The molecule has 0 fully saturated rings. The number of halogens is 2. The van der Waals surface area contributed by atoms with E-state index in [9.17, 15) is 0 Å². The monoisotopic (exact) mass is 289 g/mol. The fourth-order valence-corrected chi connectivity index (χ4v) is 2.89. The number of ether oxygens (including phenoxy) is 1. The van der Waals surface area contributed by atoms with Gasteiger partial charge in [-0.2, -0.15) is 0 Å². The van der Waals surface area contributed by atoms with Gasteiger partial charge in [-0.15, -0.1) is 0 Å².